The van der Waals surface area contributed by atoms with Crippen molar-refractivity contribution in [3.05, 3.63) is 35.9 Å². The van der Waals surface area contributed by atoms with Crippen LogP contribution in [0, 0.1) is 6.92 Å². The van der Waals surface area contributed by atoms with Gasteiger partial charge in [-0.3, -0.25) is 0 Å². The molecule has 0 aliphatic carbocycles. The van der Waals surface area contributed by atoms with Gasteiger partial charge >= 0.3 is 6.18 Å². The molecule has 1 rings (SSSR count). The minimum absolute atomic E-state index is 0.0206. The van der Waals surface area contributed by atoms with E-state index in [2.05, 4.69) is 6.58 Å². The summed E-state index contributed by atoms with van der Waals surface area (Å²) >= 11 is 0. The van der Waals surface area contributed by atoms with Crippen LogP contribution in [-0.4, -0.2) is 11.3 Å². The quantitative estimate of drug-likeness (QED) is 0.740. The second kappa shape index (κ2) is 3.36. The van der Waals surface area contributed by atoms with Gasteiger partial charge in [-0.2, -0.15) is 13.2 Å². The Balaban J connectivity index is 3.10. The molecule has 0 amide bonds. The lowest BCUT2D eigenvalue weighted by atomic mass is 10.0. The fourth-order valence-electron chi connectivity index (χ4n) is 1.01. The molecule has 0 saturated carbocycles. The molecule has 0 saturated heterocycles. The van der Waals surface area contributed by atoms with Gasteiger partial charge in [-0.05, 0) is 30.2 Å². The monoisotopic (exact) mass is 202 g/mol. The van der Waals surface area contributed by atoms with Crippen molar-refractivity contribution in [2.75, 3.05) is 0 Å². The van der Waals surface area contributed by atoms with E-state index >= 15 is 0 Å². The highest BCUT2D eigenvalue weighted by atomic mass is 19.4. The van der Waals surface area contributed by atoms with Gasteiger partial charge in [-0.15, -0.1) is 0 Å². The van der Waals surface area contributed by atoms with E-state index in [1.54, 1.807) is 0 Å². The Morgan fingerprint density at radius 1 is 1.36 bits per heavy atom. The van der Waals surface area contributed by atoms with E-state index in [1.165, 1.54) is 25.1 Å². The summed E-state index contributed by atoms with van der Waals surface area (Å²) in [7, 11) is 0. The molecule has 0 bridgehead atoms. The van der Waals surface area contributed by atoms with Gasteiger partial charge < -0.3 is 5.11 Å². The van der Waals surface area contributed by atoms with Crippen LogP contribution in [0.15, 0.2) is 24.8 Å². The first kappa shape index (κ1) is 10.6. The number of rotatable bonds is 1. The molecule has 0 spiro atoms. The third kappa shape index (κ3) is 2.07. The second-order valence-corrected chi connectivity index (χ2v) is 2.98. The number of phenols is 1. The van der Waals surface area contributed by atoms with Crippen molar-refractivity contribution in [2.24, 2.45) is 0 Å². The second-order valence-electron chi connectivity index (χ2n) is 2.98. The summed E-state index contributed by atoms with van der Waals surface area (Å²) in [4.78, 5) is 0. The molecule has 0 aliphatic heterocycles. The summed E-state index contributed by atoms with van der Waals surface area (Å²) in [6.45, 7) is 4.49. The fraction of sp³-hybridized carbons (Fsp3) is 0.200. The Kier molecular flexibility index (Phi) is 2.55. The number of alkyl halides is 3. The third-order valence-electron chi connectivity index (χ3n) is 1.89. The van der Waals surface area contributed by atoms with Gasteiger partial charge in [-0.25, -0.2) is 0 Å². The molecule has 0 unspecified atom stereocenters. The van der Waals surface area contributed by atoms with Crippen LogP contribution in [0.1, 0.15) is 11.1 Å². The van der Waals surface area contributed by atoms with Crippen LogP contribution >= 0.6 is 0 Å². The molecule has 0 radical (unpaired) electrons. The molecule has 1 nitrogen and oxygen atoms in total. The molecule has 0 aromatic heterocycles. The maximum Gasteiger partial charge on any atom is 0.416 e. The lowest BCUT2D eigenvalue weighted by Gasteiger charge is -2.10. The van der Waals surface area contributed by atoms with Crippen molar-refractivity contribution in [1.29, 1.82) is 0 Å². The standard InChI is InChI=1S/C10H9F3O/c1-6-5-8(3-4-9(6)14)7(2)10(11,12)13/h3-5,14H,2H2,1H3. The Morgan fingerprint density at radius 2 is 1.93 bits per heavy atom. The first-order chi connectivity index (χ1) is 6.32. The summed E-state index contributed by atoms with van der Waals surface area (Å²) in [6.07, 6.45) is -4.43. The van der Waals surface area contributed by atoms with Crippen molar-refractivity contribution in [2.45, 2.75) is 13.1 Å². The van der Waals surface area contributed by atoms with E-state index in [-0.39, 0.29) is 11.3 Å². The van der Waals surface area contributed by atoms with Crippen LogP contribution in [0.5, 0.6) is 5.75 Å². The van der Waals surface area contributed by atoms with E-state index in [4.69, 9.17) is 5.11 Å². The van der Waals surface area contributed by atoms with E-state index in [9.17, 15) is 13.2 Å². The van der Waals surface area contributed by atoms with Gasteiger partial charge in [0.05, 0.1) is 5.57 Å². The van der Waals surface area contributed by atoms with Crippen LogP contribution in [-0.2, 0) is 0 Å². The molecule has 1 aromatic rings. The molecule has 0 fully saturated rings. The molecular formula is C10H9F3O. The van der Waals surface area contributed by atoms with Gasteiger partial charge in [0.1, 0.15) is 5.75 Å². The normalized spacial score (nSPS) is 11.4. The number of phenolic OH excluding ortho intramolecular Hbond substituents is 1. The van der Waals surface area contributed by atoms with Gasteiger partial charge in [0.25, 0.3) is 0 Å². The number of allylic oxidation sites excluding steroid dienone is 1. The van der Waals surface area contributed by atoms with Crippen molar-refractivity contribution in [3.8, 4) is 5.75 Å². The van der Waals surface area contributed by atoms with E-state index in [0.29, 0.717) is 5.56 Å². The molecule has 0 heterocycles. The van der Waals surface area contributed by atoms with Gasteiger partial charge in [0.2, 0.25) is 0 Å². The summed E-state index contributed by atoms with van der Waals surface area (Å²) in [5.74, 6) is -0.0243. The topological polar surface area (TPSA) is 20.2 Å². The maximum absolute atomic E-state index is 12.2. The van der Waals surface area contributed by atoms with Gasteiger partial charge in [-0.1, -0.05) is 12.6 Å². The van der Waals surface area contributed by atoms with Crippen LogP contribution in [0.25, 0.3) is 5.57 Å². The minimum Gasteiger partial charge on any atom is -0.508 e. The van der Waals surface area contributed by atoms with Gasteiger partial charge in [0.15, 0.2) is 0 Å². The summed E-state index contributed by atoms with van der Waals surface area (Å²) < 4.78 is 36.6. The Labute approximate surface area is 79.5 Å². The number of hydrogen-bond acceptors (Lipinski definition) is 1. The number of aromatic hydroxyl groups is 1. The number of benzene rings is 1. The SMILES string of the molecule is C=C(c1ccc(O)c(C)c1)C(F)(F)F. The summed E-state index contributed by atoms with van der Waals surface area (Å²) in [5, 5.41) is 9.12. The molecular weight excluding hydrogens is 193 g/mol. The minimum atomic E-state index is -4.43. The van der Waals surface area contributed by atoms with Crippen LogP contribution in [0.3, 0.4) is 0 Å². The summed E-state index contributed by atoms with van der Waals surface area (Å²) in [6, 6.07) is 3.67. The number of hydrogen-bond donors (Lipinski definition) is 1. The van der Waals surface area contributed by atoms with E-state index in [0.717, 1.165) is 0 Å². The average molecular weight is 202 g/mol. The molecule has 0 aliphatic rings. The predicted octanol–water partition coefficient (Wildman–Crippen LogP) is 3.28. The van der Waals surface area contributed by atoms with Crippen molar-refractivity contribution in [1.82, 2.24) is 0 Å². The predicted molar refractivity (Wildman–Crippen MR) is 47.9 cm³/mol. The first-order valence-corrected chi connectivity index (χ1v) is 3.88. The Morgan fingerprint density at radius 3 is 2.36 bits per heavy atom. The fourth-order valence-corrected chi connectivity index (χ4v) is 1.01. The Bertz CT molecular complexity index is 366. The zero-order valence-electron chi connectivity index (χ0n) is 7.52. The molecule has 0 atom stereocenters. The van der Waals surface area contributed by atoms with E-state index < -0.39 is 11.7 Å². The zero-order valence-corrected chi connectivity index (χ0v) is 7.52. The molecule has 76 valence electrons. The zero-order chi connectivity index (χ0) is 10.9. The van der Waals surface area contributed by atoms with Crippen molar-refractivity contribution >= 4 is 5.57 Å². The van der Waals surface area contributed by atoms with Crippen molar-refractivity contribution < 1.29 is 18.3 Å². The molecule has 14 heavy (non-hydrogen) atoms. The van der Waals surface area contributed by atoms with Crippen LogP contribution < -0.4 is 0 Å². The lowest BCUT2D eigenvalue weighted by molar-refractivity contribution is -0.0686. The average Bonchev–Trinajstić information content (AvgIpc) is 2.07. The smallest absolute Gasteiger partial charge is 0.416 e. The Hall–Kier alpha value is -1.45. The highest BCUT2D eigenvalue weighted by Gasteiger charge is 2.32. The molecule has 4 heteroatoms. The molecule has 1 aromatic carbocycles. The van der Waals surface area contributed by atoms with E-state index in [1.807, 2.05) is 0 Å². The highest BCUT2D eigenvalue weighted by Crippen LogP contribution is 2.33. The first-order valence-electron chi connectivity index (χ1n) is 3.88. The third-order valence-corrected chi connectivity index (χ3v) is 1.89. The van der Waals surface area contributed by atoms with Gasteiger partial charge in [0, 0.05) is 0 Å². The molecule has 1 N–H and O–H groups in total. The highest BCUT2D eigenvalue weighted by molar-refractivity contribution is 5.68. The largest absolute Gasteiger partial charge is 0.508 e. The maximum atomic E-state index is 12.2. The summed E-state index contributed by atoms with van der Waals surface area (Å²) in [5.41, 5.74) is -0.527. The number of aryl methyl sites for hydroxylation is 1. The van der Waals surface area contributed by atoms with Crippen LogP contribution in [0.2, 0.25) is 0 Å². The lowest BCUT2D eigenvalue weighted by Crippen LogP contribution is -2.09. The van der Waals surface area contributed by atoms with Crippen LogP contribution in [0.4, 0.5) is 13.2 Å². The van der Waals surface area contributed by atoms with Crippen molar-refractivity contribution in [3.63, 3.8) is 0 Å². The number of halogens is 3.